The number of amides is 2. The highest BCUT2D eigenvalue weighted by molar-refractivity contribution is 6.67. The Balaban J connectivity index is 2.24. The maximum absolute atomic E-state index is 11.9. The molecule has 1 aliphatic heterocycles. The quantitative estimate of drug-likeness (QED) is 0.674. The molecule has 0 aromatic carbocycles. The van der Waals surface area contributed by atoms with Gasteiger partial charge in [0.2, 0.25) is 3.79 Å². The van der Waals surface area contributed by atoms with Crippen LogP contribution in [0.2, 0.25) is 0 Å². The Labute approximate surface area is 170 Å². The second-order valence-corrected chi connectivity index (χ2v) is 9.85. The summed E-state index contributed by atoms with van der Waals surface area (Å²) in [5, 5.41) is 2.82. The number of rotatable bonds is 5. The molecule has 0 saturated carbocycles. The number of piperazine rings is 1. The third kappa shape index (κ3) is 10.5. The van der Waals surface area contributed by atoms with Crippen molar-refractivity contribution >= 4 is 47.0 Å². The van der Waals surface area contributed by atoms with Gasteiger partial charge >= 0.3 is 12.2 Å². The minimum absolute atomic E-state index is 0.00266. The van der Waals surface area contributed by atoms with Gasteiger partial charge in [-0.3, -0.25) is 4.90 Å². The Morgan fingerprint density at radius 1 is 1.12 bits per heavy atom. The molecule has 1 heterocycles. The van der Waals surface area contributed by atoms with Crippen molar-refractivity contribution in [1.29, 1.82) is 0 Å². The van der Waals surface area contributed by atoms with E-state index in [9.17, 15) is 9.59 Å². The van der Waals surface area contributed by atoms with Crippen LogP contribution < -0.4 is 5.32 Å². The van der Waals surface area contributed by atoms with Gasteiger partial charge in [-0.05, 0) is 34.1 Å². The number of halogens is 3. The predicted molar refractivity (Wildman–Crippen MR) is 103 cm³/mol. The van der Waals surface area contributed by atoms with Gasteiger partial charge in [0.25, 0.3) is 0 Å². The molecule has 1 N–H and O–H groups in total. The summed E-state index contributed by atoms with van der Waals surface area (Å²) in [5.74, 6) is 0. The third-order valence-electron chi connectivity index (χ3n) is 3.63. The van der Waals surface area contributed by atoms with E-state index in [1.807, 2.05) is 27.7 Å². The van der Waals surface area contributed by atoms with Crippen molar-refractivity contribution in [3.05, 3.63) is 0 Å². The Morgan fingerprint density at radius 2 is 1.69 bits per heavy atom. The third-order valence-corrected chi connectivity index (χ3v) is 3.96. The van der Waals surface area contributed by atoms with Crippen molar-refractivity contribution in [2.75, 3.05) is 39.3 Å². The molecule has 1 fully saturated rings. The Morgan fingerprint density at radius 3 is 2.19 bits per heavy atom. The highest BCUT2D eigenvalue weighted by Gasteiger charge is 2.27. The first-order valence-corrected chi connectivity index (χ1v) is 9.69. The predicted octanol–water partition coefficient (Wildman–Crippen LogP) is 3.41. The van der Waals surface area contributed by atoms with E-state index in [0.29, 0.717) is 13.1 Å². The maximum atomic E-state index is 11.9. The Kier molecular flexibility index (Phi) is 9.06. The van der Waals surface area contributed by atoms with Crippen LogP contribution in [0.1, 0.15) is 34.1 Å². The summed E-state index contributed by atoms with van der Waals surface area (Å²) < 4.78 is 8.61. The van der Waals surface area contributed by atoms with Crippen LogP contribution in [-0.4, -0.2) is 76.8 Å². The molecule has 0 spiro atoms. The second kappa shape index (κ2) is 10.1. The fourth-order valence-corrected chi connectivity index (χ4v) is 2.51. The van der Waals surface area contributed by atoms with Gasteiger partial charge in [-0.2, -0.15) is 0 Å². The van der Waals surface area contributed by atoms with Crippen LogP contribution in [0, 0.1) is 0 Å². The van der Waals surface area contributed by atoms with Crippen molar-refractivity contribution in [1.82, 2.24) is 15.1 Å². The fraction of sp³-hybridized carbons (Fsp3) is 0.875. The maximum Gasteiger partial charge on any atom is 0.409 e. The van der Waals surface area contributed by atoms with Crippen molar-refractivity contribution < 1.29 is 19.1 Å². The number of carbonyl (C=O) groups is 2. The average molecular weight is 433 g/mol. The van der Waals surface area contributed by atoms with E-state index in [4.69, 9.17) is 44.3 Å². The van der Waals surface area contributed by atoms with Crippen LogP contribution in [0.3, 0.4) is 0 Å². The monoisotopic (exact) mass is 431 g/mol. The van der Waals surface area contributed by atoms with Gasteiger partial charge in [0.15, 0.2) is 0 Å². The highest BCUT2D eigenvalue weighted by Crippen LogP contribution is 2.26. The van der Waals surface area contributed by atoms with Crippen LogP contribution in [-0.2, 0) is 9.47 Å². The number of ether oxygens (including phenoxy) is 2. The lowest BCUT2D eigenvalue weighted by molar-refractivity contribution is 0.0496. The molecule has 152 valence electrons. The van der Waals surface area contributed by atoms with Crippen molar-refractivity contribution in [2.24, 2.45) is 0 Å². The molecule has 7 nitrogen and oxygen atoms in total. The standard InChI is InChI=1S/C16H28Cl3N3O4/c1-12(20-13(23)26-15(2,3)4)5-6-21-7-9-22(10-8-21)14(24)25-11-16(17,18)19/h12H,5-11H2,1-4H3,(H,20,23)/t12-/m0/s1. The Bertz CT molecular complexity index is 472. The van der Waals surface area contributed by atoms with E-state index in [-0.39, 0.29) is 12.6 Å². The zero-order chi connectivity index (χ0) is 20.0. The minimum atomic E-state index is -1.60. The summed E-state index contributed by atoms with van der Waals surface area (Å²) in [6.07, 6.45) is -0.0980. The first-order chi connectivity index (χ1) is 11.9. The first-order valence-electron chi connectivity index (χ1n) is 8.56. The zero-order valence-electron chi connectivity index (χ0n) is 15.7. The van der Waals surface area contributed by atoms with E-state index in [1.54, 1.807) is 4.90 Å². The van der Waals surface area contributed by atoms with E-state index in [0.717, 1.165) is 26.1 Å². The first kappa shape index (κ1) is 23.4. The van der Waals surface area contributed by atoms with Gasteiger partial charge in [0, 0.05) is 38.8 Å². The number of carbonyl (C=O) groups excluding carboxylic acids is 2. The molecule has 1 rings (SSSR count). The SMILES string of the molecule is C[C@@H](CCN1CCN(C(=O)OCC(Cl)(Cl)Cl)CC1)NC(=O)OC(C)(C)C. The van der Waals surface area contributed by atoms with Crippen LogP contribution in [0.15, 0.2) is 0 Å². The van der Waals surface area contributed by atoms with Crippen molar-refractivity contribution in [3.63, 3.8) is 0 Å². The zero-order valence-corrected chi connectivity index (χ0v) is 18.0. The topological polar surface area (TPSA) is 71.1 Å². The normalized spacial score (nSPS) is 17.6. The number of hydrogen-bond donors (Lipinski definition) is 1. The molecule has 0 radical (unpaired) electrons. The van der Waals surface area contributed by atoms with Gasteiger partial charge < -0.3 is 19.7 Å². The van der Waals surface area contributed by atoms with Crippen molar-refractivity contribution in [2.45, 2.75) is 49.6 Å². The van der Waals surface area contributed by atoms with Gasteiger partial charge in [0.05, 0.1) is 0 Å². The van der Waals surface area contributed by atoms with Gasteiger partial charge in [-0.1, -0.05) is 34.8 Å². The summed E-state index contributed by atoms with van der Waals surface area (Å²) >= 11 is 16.7. The molecule has 26 heavy (non-hydrogen) atoms. The average Bonchev–Trinajstić information content (AvgIpc) is 2.48. The smallest absolute Gasteiger partial charge is 0.409 e. The number of nitrogens with one attached hydrogen (secondary N) is 1. The lowest BCUT2D eigenvalue weighted by Gasteiger charge is -2.34. The number of alkyl carbamates (subject to hydrolysis) is 1. The van der Waals surface area contributed by atoms with E-state index >= 15 is 0 Å². The largest absolute Gasteiger partial charge is 0.445 e. The summed E-state index contributed by atoms with van der Waals surface area (Å²) in [5.41, 5.74) is -0.509. The minimum Gasteiger partial charge on any atom is -0.445 e. The summed E-state index contributed by atoms with van der Waals surface area (Å²) in [7, 11) is 0. The molecule has 1 saturated heterocycles. The molecule has 10 heteroatoms. The number of hydrogen-bond acceptors (Lipinski definition) is 5. The molecule has 1 aliphatic rings. The fourth-order valence-electron chi connectivity index (χ4n) is 2.35. The molecule has 0 unspecified atom stereocenters. The van der Waals surface area contributed by atoms with Crippen LogP contribution in [0.4, 0.5) is 9.59 Å². The van der Waals surface area contributed by atoms with Crippen LogP contribution >= 0.6 is 34.8 Å². The number of nitrogens with zero attached hydrogens (tertiary/aromatic N) is 2. The molecular weight excluding hydrogens is 405 g/mol. The van der Waals surface area contributed by atoms with Crippen molar-refractivity contribution in [3.8, 4) is 0 Å². The second-order valence-electron chi connectivity index (χ2n) is 7.33. The molecule has 0 aliphatic carbocycles. The van der Waals surface area contributed by atoms with E-state index in [2.05, 4.69) is 10.2 Å². The molecule has 2 amide bonds. The summed E-state index contributed by atoms with van der Waals surface area (Å²) in [6, 6.07) is -0.00266. The molecule has 0 aromatic rings. The molecule has 0 aromatic heterocycles. The molecular formula is C16H28Cl3N3O4. The lowest BCUT2D eigenvalue weighted by atomic mass is 10.2. The summed E-state index contributed by atoms with van der Waals surface area (Å²) in [4.78, 5) is 27.5. The lowest BCUT2D eigenvalue weighted by Crippen LogP contribution is -2.50. The van der Waals surface area contributed by atoms with Crippen LogP contribution in [0.25, 0.3) is 0 Å². The number of alkyl halides is 3. The van der Waals surface area contributed by atoms with Gasteiger partial charge in [-0.15, -0.1) is 0 Å². The van der Waals surface area contributed by atoms with Crippen LogP contribution in [0.5, 0.6) is 0 Å². The Hall–Kier alpha value is -0.630. The highest BCUT2D eigenvalue weighted by atomic mass is 35.6. The molecule has 1 atom stereocenters. The van der Waals surface area contributed by atoms with Gasteiger partial charge in [-0.25, -0.2) is 9.59 Å². The summed E-state index contributed by atoms with van der Waals surface area (Å²) in [6.45, 7) is 10.5. The van der Waals surface area contributed by atoms with E-state index < -0.39 is 21.6 Å². The van der Waals surface area contributed by atoms with Gasteiger partial charge in [0.1, 0.15) is 12.2 Å². The molecule has 0 bridgehead atoms. The van der Waals surface area contributed by atoms with E-state index in [1.165, 1.54) is 0 Å².